The van der Waals surface area contributed by atoms with Crippen LogP contribution in [0.15, 0.2) is 54.6 Å². The van der Waals surface area contributed by atoms with Crippen LogP contribution >= 0.6 is 0 Å². The number of likely N-dealkylation sites (N-methyl/N-ethyl adjacent to an activating group) is 1. The van der Waals surface area contributed by atoms with Gasteiger partial charge in [0.1, 0.15) is 5.75 Å². The highest BCUT2D eigenvalue weighted by Crippen LogP contribution is 2.39. The van der Waals surface area contributed by atoms with Gasteiger partial charge in [0.25, 0.3) is 0 Å². The Morgan fingerprint density at radius 1 is 1.16 bits per heavy atom. The Morgan fingerprint density at radius 2 is 1.92 bits per heavy atom. The third-order valence-electron chi connectivity index (χ3n) is 4.72. The lowest BCUT2D eigenvalue weighted by atomic mass is 9.81. The van der Waals surface area contributed by atoms with E-state index >= 15 is 0 Å². The van der Waals surface area contributed by atoms with Gasteiger partial charge in [-0.05, 0) is 37.2 Å². The summed E-state index contributed by atoms with van der Waals surface area (Å²) in [6.07, 6.45) is 0.381. The minimum absolute atomic E-state index is 0.284. The molecule has 2 unspecified atom stereocenters. The maximum Gasteiger partial charge on any atom is 0.303 e. The fourth-order valence-corrected chi connectivity index (χ4v) is 3.49. The molecule has 0 bridgehead atoms. The van der Waals surface area contributed by atoms with Crippen molar-refractivity contribution in [2.24, 2.45) is 0 Å². The molecule has 0 amide bonds. The quantitative estimate of drug-likeness (QED) is 0.799. The monoisotopic (exact) mass is 339 g/mol. The van der Waals surface area contributed by atoms with E-state index in [9.17, 15) is 4.79 Å². The number of esters is 1. The Balaban J connectivity index is 2.05. The Labute approximate surface area is 149 Å². The molecule has 0 spiro atoms. The van der Waals surface area contributed by atoms with Crippen LogP contribution in [-0.2, 0) is 15.1 Å². The number of nitrogens with zero attached hydrogens (tertiary/aromatic N) is 1. The van der Waals surface area contributed by atoms with Gasteiger partial charge in [-0.1, -0.05) is 42.5 Å². The van der Waals surface area contributed by atoms with Gasteiger partial charge in [0, 0.05) is 26.4 Å². The Morgan fingerprint density at radius 3 is 2.60 bits per heavy atom. The first kappa shape index (κ1) is 17.5. The van der Waals surface area contributed by atoms with Gasteiger partial charge in [-0.25, -0.2) is 0 Å². The van der Waals surface area contributed by atoms with Crippen LogP contribution in [0.25, 0.3) is 0 Å². The van der Waals surface area contributed by atoms with E-state index in [0.717, 1.165) is 29.8 Å². The van der Waals surface area contributed by atoms with Crippen molar-refractivity contribution in [3.05, 3.63) is 65.7 Å². The third-order valence-corrected chi connectivity index (χ3v) is 4.72. The molecule has 1 saturated heterocycles. The van der Waals surface area contributed by atoms with Gasteiger partial charge in [-0.15, -0.1) is 0 Å². The molecule has 2 aromatic rings. The molecule has 132 valence electrons. The summed E-state index contributed by atoms with van der Waals surface area (Å²) >= 11 is 0. The van der Waals surface area contributed by atoms with Gasteiger partial charge in [0.05, 0.1) is 0 Å². The normalized spacial score (nSPS) is 23.9. The van der Waals surface area contributed by atoms with Crippen molar-refractivity contribution >= 4 is 5.97 Å². The Kier molecular flexibility index (Phi) is 5.09. The molecule has 0 aromatic heterocycles. The SMILES string of the molecule is CC(=O)OC1CN(C)CCC1(Oc1cccc(C)c1)c1ccccc1. The van der Waals surface area contributed by atoms with Crippen LogP contribution in [0.3, 0.4) is 0 Å². The molecule has 4 heteroatoms. The van der Waals surface area contributed by atoms with E-state index in [-0.39, 0.29) is 12.1 Å². The molecular formula is C21H25NO3. The zero-order valence-corrected chi connectivity index (χ0v) is 15.1. The highest BCUT2D eigenvalue weighted by molar-refractivity contribution is 5.66. The number of benzene rings is 2. The molecule has 4 nitrogen and oxygen atoms in total. The summed E-state index contributed by atoms with van der Waals surface area (Å²) in [7, 11) is 2.04. The number of hydrogen-bond acceptors (Lipinski definition) is 4. The molecule has 2 atom stereocenters. The van der Waals surface area contributed by atoms with Crippen molar-refractivity contribution in [3.8, 4) is 5.75 Å². The third kappa shape index (κ3) is 3.85. The average molecular weight is 339 g/mol. The van der Waals surface area contributed by atoms with Crippen LogP contribution in [0.1, 0.15) is 24.5 Å². The summed E-state index contributed by atoms with van der Waals surface area (Å²) in [5.41, 5.74) is 1.49. The number of carbonyl (C=O) groups is 1. The molecule has 0 radical (unpaired) electrons. The maximum absolute atomic E-state index is 11.7. The lowest BCUT2D eigenvalue weighted by Crippen LogP contribution is -2.57. The highest BCUT2D eigenvalue weighted by atomic mass is 16.6. The van der Waals surface area contributed by atoms with Gasteiger partial charge < -0.3 is 14.4 Å². The molecule has 0 aliphatic carbocycles. The summed E-state index contributed by atoms with van der Waals surface area (Å²) < 4.78 is 12.3. The minimum atomic E-state index is -0.687. The summed E-state index contributed by atoms with van der Waals surface area (Å²) in [5.74, 6) is 0.513. The van der Waals surface area contributed by atoms with Crippen LogP contribution in [-0.4, -0.2) is 37.1 Å². The van der Waals surface area contributed by atoms with E-state index in [1.165, 1.54) is 6.92 Å². The van der Waals surface area contributed by atoms with E-state index in [2.05, 4.69) is 17.0 Å². The van der Waals surface area contributed by atoms with E-state index < -0.39 is 5.60 Å². The summed E-state index contributed by atoms with van der Waals surface area (Å²) in [6, 6.07) is 18.1. The van der Waals surface area contributed by atoms with Crippen molar-refractivity contribution < 1.29 is 14.3 Å². The molecule has 0 N–H and O–H groups in total. The summed E-state index contributed by atoms with van der Waals surface area (Å²) in [6.45, 7) is 5.01. The van der Waals surface area contributed by atoms with Crippen LogP contribution < -0.4 is 4.74 Å². The predicted octanol–water partition coefficient (Wildman–Crippen LogP) is 3.54. The first-order chi connectivity index (χ1) is 12.0. The fourth-order valence-electron chi connectivity index (χ4n) is 3.49. The van der Waals surface area contributed by atoms with Gasteiger partial charge in [-0.2, -0.15) is 0 Å². The van der Waals surface area contributed by atoms with Crippen molar-refractivity contribution in [1.82, 2.24) is 4.90 Å². The lowest BCUT2D eigenvalue weighted by Gasteiger charge is -2.46. The zero-order valence-electron chi connectivity index (χ0n) is 15.1. The molecule has 1 heterocycles. The van der Waals surface area contributed by atoms with Crippen LogP contribution in [0, 0.1) is 6.92 Å². The minimum Gasteiger partial charge on any atom is -0.479 e. The van der Waals surface area contributed by atoms with Gasteiger partial charge >= 0.3 is 5.97 Å². The van der Waals surface area contributed by atoms with Crippen molar-refractivity contribution in [2.75, 3.05) is 20.1 Å². The van der Waals surface area contributed by atoms with Crippen LogP contribution in [0.2, 0.25) is 0 Å². The average Bonchev–Trinajstić information content (AvgIpc) is 2.58. The largest absolute Gasteiger partial charge is 0.479 e. The van der Waals surface area contributed by atoms with E-state index in [1.54, 1.807) is 0 Å². The zero-order chi connectivity index (χ0) is 17.9. The van der Waals surface area contributed by atoms with Crippen molar-refractivity contribution in [3.63, 3.8) is 0 Å². The van der Waals surface area contributed by atoms with Crippen LogP contribution in [0.4, 0.5) is 0 Å². The summed E-state index contributed by atoms with van der Waals surface area (Å²) in [4.78, 5) is 13.9. The smallest absolute Gasteiger partial charge is 0.303 e. The molecular weight excluding hydrogens is 314 g/mol. The first-order valence-corrected chi connectivity index (χ1v) is 8.66. The van der Waals surface area contributed by atoms with Gasteiger partial charge in [0.15, 0.2) is 11.7 Å². The van der Waals surface area contributed by atoms with Crippen molar-refractivity contribution in [1.29, 1.82) is 0 Å². The molecule has 25 heavy (non-hydrogen) atoms. The number of hydrogen-bond donors (Lipinski definition) is 0. The molecule has 0 saturated carbocycles. The number of piperidine rings is 1. The Bertz CT molecular complexity index is 731. The van der Waals surface area contributed by atoms with Gasteiger partial charge in [0.2, 0.25) is 0 Å². The van der Waals surface area contributed by atoms with Crippen molar-refractivity contribution in [2.45, 2.75) is 32.0 Å². The number of carbonyl (C=O) groups excluding carboxylic acids is 1. The second-order valence-electron chi connectivity index (χ2n) is 6.78. The van der Waals surface area contributed by atoms with E-state index in [1.807, 2.05) is 56.4 Å². The molecule has 1 fully saturated rings. The Hall–Kier alpha value is -2.33. The molecule has 1 aliphatic rings. The maximum atomic E-state index is 11.7. The number of rotatable bonds is 4. The second kappa shape index (κ2) is 7.28. The lowest BCUT2D eigenvalue weighted by molar-refractivity contribution is -0.170. The number of likely N-dealkylation sites (tertiary alicyclic amines) is 1. The highest BCUT2D eigenvalue weighted by Gasteiger charge is 2.48. The molecule has 3 rings (SSSR count). The van der Waals surface area contributed by atoms with Gasteiger partial charge in [-0.3, -0.25) is 4.79 Å². The topological polar surface area (TPSA) is 38.8 Å². The van der Waals surface area contributed by atoms with Crippen LogP contribution in [0.5, 0.6) is 5.75 Å². The summed E-state index contributed by atoms with van der Waals surface area (Å²) in [5, 5.41) is 0. The molecule has 2 aromatic carbocycles. The second-order valence-corrected chi connectivity index (χ2v) is 6.78. The molecule has 1 aliphatic heterocycles. The standard InChI is InChI=1S/C21H25NO3/c1-16-8-7-11-19(14-16)25-21(18-9-5-4-6-10-18)12-13-22(3)15-20(21)24-17(2)23/h4-11,14,20H,12-13,15H2,1-3H3. The van der Waals surface area contributed by atoms with E-state index in [4.69, 9.17) is 9.47 Å². The number of ether oxygens (including phenoxy) is 2. The predicted molar refractivity (Wildman–Crippen MR) is 97.6 cm³/mol. The fraction of sp³-hybridized carbons (Fsp3) is 0.381. The first-order valence-electron chi connectivity index (χ1n) is 8.66. The van der Waals surface area contributed by atoms with E-state index in [0.29, 0.717) is 6.54 Å². The number of aryl methyl sites for hydroxylation is 1.